The summed E-state index contributed by atoms with van der Waals surface area (Å²) in [5.74, 6) is 1.48. The van der Waals surface area contributed by atoms with E-state index in [1.807, 2.05) is 12.1 Å². The molecule has 0 saturated carbocycles. The number of methoxy groups -OCH3 is 1. The first kappa shape index (κ1) is 20.0. The first-order chi connectivity index (χ1) is 11.8. The van der Waals surface area contributed by atoms with Crippen LogP contribution in [0.15, 0.2) is 27.8 Å². The molecule has 0 aliphatic carbocycles. The highest BCUT2D eigenvalue weighted by Crippen LogP contribution is 2.02. The number of guanidine groups is 1. The molecule has 1 aromatic heterocycles. The van der Waals surface area contributed by atoms with Gasteiger partial charge in [0.1, 0.15) is 12.4 Å². The lowest BCUT2D eigenvalue weighted by Gasteiger charge is -2.11. The lowest BCUT2D eigenvalue weighted by Crippen LogP contribution is -2.38. The Kier molecular flexibility index (Phi) is 11.2. The fourth-order valence-corrected chi connectivity index (χ4v) is 2.05. The molecule has 0 amide bonds. The average Bonchev–Trinajstić information content (AvgIpc) is 3.12. The van der Waals surface area contributed by atoms with E-state index < -0.39 is 0 Å². The van der Waals surface area contributed by atoms with Crippen molar-refractivity contribution in [2.75, 3.05) is 33.9 Å². The molecule has 0 radical (unpaired) electrons. The van der Waals surface area contributed by atoms with E-state index in [0.29, 0.717) is 19.6 Å². The fraction of sp³-hybridized carbons (Fsp3) is 0.647. The molecule has 0 fully saturated rings. The van der Waals surface area contributed by atoms with Crippen molar-refractivity contribution in [3.8, 4) is 0 Å². The second-order valence-electron chi connectivity index (χ2n) is 5.30. The van der Waals surface area contributed by atoms with Crippen LogP contribution in [-0.4, -0.2) is 45.8 Å². The minimum atomic E-state index is -0.144. The van der Waals surface area contributed by atoms with E-state index in [4.69, 9.17) is 9.15 Å². The smallest absolute Gasteiger partial charge is 0.305 e. The minimum absolute atomic E-state index is 0.144. The average molecular weight is 339 g/mol. The molecule has 7 heteroatoms. The van der Waals surface area contributed by atoms with Crippen LogP contribution in [0.25, 0.3) is 0 Å². The second-order valence-corrected chi connectivity index (χ2v) is 5.30. The summed E-state index contributed by atoms with van der Waals surface area (Å²) >= 11 is 0. The van der Waals surface area contributed by atoms with E-state index in [-0.39, 0.29) is 5.97 Å². The van der Waals surface area contributed by atoms with Crippen LogP contribution in [0.1, 0.15) is 37.9 Å². The predicted molar refractivity (Wildman–Crippen MR) is 92.8 cm³/mol. The zero-order valence-electron chi connectivity index (χ0n) is 14.7. The molecule has 1 heterocycles. The highest BCUT2D eigenvalue weighted by atomic mass is 16.5. The standard InChI is InChI=1S/C17H29N3O4/c1-18-17(19-10-5-3-4-9-16(21)22-2)20-11-7-12-23-14-15-8-6-13-24-15/h6,8,13H,3-5,7,9-12,14H2,1-2H3,(H2,18,19,20). The number of carbonyl (C=O) groups is 1. The van der Waals surface area contributed by atoms with Crippen molar-refractivity contribution in [1.82, 2.24) is 10.6 Å². The number of rotatable bonds is 12. The Hall–Kier alpha value is -2.02. The van der Waals surface area contributed by atoms with Gasteiger partial charge in [-0.2, -0.15) is 0 Å². The quantitative estimate of drug-likeness (QED) is 0.262. The lowest BCUT2D eigenvalue weighted by atomic mass is 10.2. The number of esters is 1. The van der Waals surface area contributed by atoms with Gasteiger partial charge in [-0.25, -0.2) is 0 Å². The topological polar surface area (TPSA) is 85.1 Å². The summed E-state index contributed by atoms with van der Waals surface area (Å²) in [4.78, 5) is 15.1. The molecule has 0 atom stereocenters. The third-order valence-corrected chi connectivity index (χ3v) is 3.38. The van der Waals surface area contributed by atoms with Crippen LogP contribution in [-0.2, 0) is 20.9 Å². The van der Waals surface area contributed by atoms with Crippen molar-refractivity contribution >= 4 is 11.9 Å². The first-order valence-electron chi connectivity index (χ1n) is 8.37. The molecule has 1 aromatic rings. The summed E-state index contributed by atoms with van der Waals surface area (Å²) in [7, 11) is 3.17. The number of nitrogens with zero attached hydrogens (tertiary/aromatic N) is 1. The zero-order chi connectivity index (χ0) is 17.5. The Bertz CT molecular complexity index is 460. The van der Waals surface area contributed by atoms with Gasteiger partial charge in [-0.15, -0.1) is 0 Å². The van der Waals surface area contributed by atoms with Crippen LogP contribution >= 0.6 is 0 Å². The van der Waals surface area contributed by atoms with Gasteiger partial charge >= 0.3 is 5.97 Å². The zero-order valence-corrected chi connectivity index (χ0v) is 14.7. The van der Waals surface area contributed by atoms with Crippen LogP contribution in [0.2, 0.25) is 0 Å². The van der Waals surface area contributed by atoms with Gasteiger partial charge in [0.15, 0.2) is 5.96 Å². The van der Waals surface area contributed by atoms with Gasteiger partial charge in [-0.1, -0.05) is 6.42 Å². The number of unbranched alkanes of at least 4 members (excludes halogenated alkanes) is 2. The number of aliphatic imine (C=N–C) groups is 1. The number of carbonyl (C=O) groups excluding carboxylic acids is 1. The Morgan fingerprint density at radius 3 is 2.67 bits per heavy atom. The maximum Gasteiger partial charge on any atom is 0.305 e. The third kappa shape index (κ3) is 9.89. The van der Waals surface area contributed by atoms with E-state index >= 15 is 0 Å². The van der Waals surface area contributed by atoms with Crippen LogP contribution in [0.4, 0.5) is 0 Å². The molecule has 0 aliphatic rings. The Balaban J connectivity index is 1.93. The molecule has 0 spiro atoms. The molecule has 1 rings (SSSR count). The van der Waals surface area contributed by atoms with Gasteiger partial charge in [0, 0.05) is 33.2 Å². The van der Waals surface area contributed by atoms with Gasteiger partial charge in [0.25, 0.3) is 0 Å². The maximum atomic E-state index is 11.0. The number of furan rings is 1. The number of ether oxygens (including phenoxy) is 2. The van der Waals surface area contributed by atoms with E-state index in [0.717, 1.165) is 50.5 Å². The third-order valence-electron chi connectivity index (χ3n) is 3.38. The summed E-state index contributed by atoms with van der Waals surface area (Å²) in [5.41, 5.74) is 0. The highest BCUT2D eigenvalue weighted by molar-refractivity contribution is 5.79. The van der Waals surface area contributed by atoms with E-state index in [1.165, 1.54) is 7.11 Å². The number of hydrogen-bond acceptors (Lipinski definition) is 5. The Morgan fingerprint density at radius 2 is 2.00 bits per heavy atom. The number of nitrogens with one attached hydrogen (secondary N) is 2. The van der Waals surface area contributed by atoms with Crippen molar-refractivity contribution in [3.05, 3.63) is 24.2 Å². The molecule has 0 unspecified atom stereocenters. The Labute approximate surface area is 143 Å². The van der Waals surface area contributed by atoms with Crippen LogP contribution < -0.4 is 10.6 Å². The largest absolute Gasteiger partial charge is 0.469 e. The molecular weight excluding hydrogens is 310 g/mol. The summed E-state index contributed by atoms with van der Waals surface area (Å²) < 4.78 is 15.3. The van der Waals surface area contributed by atoms with Gasteiger partial charge in [0.2, 0.25) is 0 Å². The van der Waals surface area contributed by atoms with Crippen molar-refractivity contribution < 1.29 is 18.7 Å². The predicted octanol–water partition coefficient (Wildman–Crippen LogP) is 2.08. The summed E-state index contributed by atoms with van der Waals surface area (Å²) in [6, 6.07) is 3.75. The minimum Gasteiger partial charge on any atom is -0.469 e. The molecule has 2 N–H and O–H groups in total. The second kappa shape index (κ2) is 13.4. The number of hydrogen-bond donors (Lipinski definition) is 2. The lowest BCUT2D eigenvalue weighted by molar-refractivity contribution is -0.140. The molecule has 0 bridgehead atoms. The summed E-state index contributed by atoms with van der Waals surface area (Å²) in [5, 5.41) is 6.49. The molecular formula is C17H29N3O4. The van der Waals surface area contributed by atoms with Gasteiger partial charge in [-0.05, 0) is 31.4 Å². The van der Waals surface area contributed by atoms with E-state index in [9.17, 15) is 4.79 Å². The molecule has 0 aliphatic heterocycles. The summed E-state index contributed by atoms with van der Waals surface area (Å²) in [6.07, 6.45) is 5.85. The fourth-order valence-electron chi connectivity index (χ4n) is 2.05. The van der Waals surface area contributed by atoms with Crippen LogP contribution in [0.5, 0.6) is 0 Å². The van der Waals surface area contributed by atoms with E-state index in [1.54, 1.807) is 13.3 Å². The van der Waals surface area contributed by atoms with Crippen molar-refractivity contribution in [1.29, 1.82) is 0 Å². The Morgan fingerprint density at radius 1 is 1.21 bits per heavy atom. The van der Waals surface area contributed by atoms with Gasteiger partial charge < -0.3 is 24.5 Å². The van der Waals surface area contributed by atoms with Crippen LogP contribution in [0, 0.1) is 0 Å². The first-order valence-corrected chi connectivity index (χ1v) is 8.37. The maximum absolute atomic E-state index is 11.0. The normalized spacial score (nSPS) is 11.3. The molecule has 0 aromatic carbocycles. The molecule has 0 saturated heterocycles. The van der Waals surface area contributed by atoms with Crippen molar-refractivity contribution in [2.45, 2.75) is 38.7 Å². The van der Waals surface area contributed by atoms with Gasteiger partial charge in [0.05, 0.1) is 13.4 Å². The molecule has 136 valence electrons. The summed E-state index contributed by atoms with van der Waals surface area (Å²) in [6.45, 7) is 2.79. The van der Waals surface area contributed by atoms with E-state index in [2.05, 4.69) is 20.4 Å². The molecule has 7 nitrogen and oxygen atoms in total. The van der Waals surface area contributed by atoms with Crippen molar-refractivity contribution in [2.24, 2.45) is 4.99 Å². The van der Waals surface area contributed by atoms with Crippen molar-refractivity contribution in [3.63, 3.8) is 0 Å². The van der Waals surface area contributed by atoms with Crippen LogP contribution in [0.3, 0.4) is 0 Å². The van der Waals surface area contributed by atoms with Gasteiger partial charge in [-0.3, -0.25) is 9.79 Å². The SMILES string of the molecule is CN=C(NCCCCCC(=O)OC)NCCCOCc1ccco1. The molecule has 24 heavy (non-hydrogen) atoms. The highest BCUT2D eigenvalue weighted by Gasteiger charge is 2.00. The monoisotopic (exact) mass is 339 g/mol.